The molecule has 0 bridgehead atoms. The minimum atomic E-state index is -0.0515. The summed E-state index contributed by atoms with van der Waals surface area (Å²) in [6.45, 7) is 2.60. The Hall–Kier alpha value is -2.39. The number of ether oxygens (including phenoxy) is 1. The lowest BCUT2D eigenvalue weighted by Crippen LogP contribution is -2.44. The third kappa shape index (κ3) is 4.37. The van der Waals surface area contributed by atoms with Gasteiger partial charge < -0.3 is 15.0 Å². The van der Waals surface area contributed by atoms with Crippen LogP contribution in [0.25, 0.3) is 0 Å². The highest BCUT2D eigenvalue weighted by atomic mass is 16.5. The van der Waals surface area contributed by atoms with Crippen LogP contribution in [0.5, 0.6) is 0 Å². The van der Waals surface area contributed by atoms with Crippen molar-refractivity contribution in [2.75, 3.05) is 31.6 Å². The van der Waals surface area contributed by atoms with Crippen molar-refractivity contribution in [1.29, 1.82) is 5.26 Å². The molecule has 1 aromatic rings. The van der Waals surface area contributed by atoms with E-state index in [9.17, 15) is 9.59 Å². The van der Waals surface area contributed by atoms with Gasteiger partial charge >= 0.3 is 0 Å². The number of rotatable bonds is 3. The standard InChI is InChI=1S/C19H23N3O3/c20-13-14-1-7-17(8-2-14)21-18(23)15-3-5-16(6-4-15)19(24)22-9-11-25-12-10-22/h1-2,7-8,15-16H,3-6,9-12H2,(H,21,23). The lowest BCUT2D eigenvalue weighted by molar-refractivity contribution is -0.141. The highest BCUT2D eigenvalue weighted by Crippen LogP contribution is 2.31. The Balaban J connectivity index is 1.48. The number of carbonyl (C=O) groups excluding carboxylic acids is 2. The average Bonchev–Trinajstić information content (AvgIpc) is 2.69. The van der Waals surface area contributed by atoms with Crippen LogP contribution >= 0.6 is 0 Å². The Bertz CT molecular complexity index is 651. The number of nitrogens with zero attached hydrogens (tertiary/aromatic N) is 2. The van der Waals surface area contributed by atoms with Crippen molar-refractivity contribution in [3.63, 3.8) is 0 Å². The zero-order valence-corrected chi connectivity index (χ0v) is 14.2. The van der Waals surface area contributed by atoms with Crippen molar-refractivity contribution in [3.8, 4) is 6.07 Å². The quantitative estimate of drug-likeness (QED) is 0.913. The number of anilines is 1. The SMILES string of the molecule is N#Cc1ccc(NC(=O)C2CCC(C(=O)N3CCOCC3)CC2)cc1. The first-order valence-corrected chi connectivity index (χ1v) is 8.85. The van der Waals surface area contributed by atoms with Gasteiger partial charge in [0.15, 0.2) is 0 Å². The second kappa shape index (κ2) is 8.13. The number of nitrogens with one attached hydrogen (secondary N) is 1. The van der Waals surface area contributed by atoms with Crippen LogP contribution in [0.4, 0.5) is 5.69 Å². The van der Waals surface area contributed by atoms with Crippen molar-refractivity contribution in [1.82, 2.24) is 4.90 Å². The largest absolute Gasteiger partial charge is 0.378 e. The second-order valence-electron chi connectivity index (χ2n) is 6.66. The zero-order valence-electron chi connectivity index (χ0n) is 14.2. The molecule has 1 heterocycles. The predicted molar refractivity (Wildman–Crippen MR) is 92.6 cm³/mol. The van der Waals surface area contributed by atoms with Crippen molar-refractivity contribution >= 4 is 17.5 Å². The smallest absolute Gasteiger partial charge is 0.227 e. The van der Waals surface area contributed by atoms with Gasteiger partial charge in [-0.05, 0) is 49.9 Å². The van der Waals surface area contributed by atoms with E-state index in [0.29, 0.717) is 37.6 Å². The van der Waals surface area contributed by atoms with Gasteiger partial charge in [0, 0.05) is 30.6 Å². The number of benzene rings is 1. The molecule has 0 radical (unpaired) electrons. The Morgan fingerprint density at radius 1 is 1.04 bits per heavy atom. The van der Waals surface area contributed by atoms with Gasteiger partial charge in [-0.2, -0.15) is 5.26 Å². The molecule has 6 heteroatoms. The van der Waals surface area contributed by atoms with Crippen LogP contribution in [0.1, 0.15) is 31.2 Å². The average molecular weight is 341 g/mol. The molecule has 0 unspecified atom stereocenters. The normalized spacial score (nSPS) is 23.6. The van der Waals surface area contributed by atoms with Crippen molar-refractivity contribution in [3.05, 3.63) is 29.8 Å². The Morgan fingerprint density at radius 3 is 2.24 bits per heavy atom. The molecule has 2 fully saturated rings. The van der Waals surface area contributed by atoms with Crippen LogP contribution in [-0.4, -0.2) is 43.0 Å². The number of hydrogen-bond acceptors (Lipinski definition) is 4. The summed E-state index contributed by atoms with van der Waals surface area (Å²) in [4.78, 5) is 26.8. The summed E-state index contributed by atoms with van der Waals surface area (Å²) in [6, 6.07) is 8.91. The molecule has 0 aromatic heterocycles. The summed E-state index contributed by atoms with van der Waals surface area (Å²) >= 11 is 0. The molecule has 2 aliphatic rings. The van der Waals surface area contributed by atoms with Crippen LogP contribution in [0, 0.1) is 23.2 Å². The lowest BCUT2D eigenvalue weighted by Gasteiger charge is -2.33. The molecule has 1 aliphatic heterocycles. The first-order chi connectivity index (χ1) is 12.2. The lowest BCUT2D eigenvalue weighted by atomic mass is 9.81. The topological polar surface area (TPSA) is 82.4 Å². The summed E-state index contributed by atoms with van der Waals surface area (Å²) in [5.74, 6) is 0.206. The molecule has 0 spiro atoms. The molecule has 1 aliphatic carbocycles. The van der Waals surface area contributed by atoms with Crippen molar-refractivity contribution in [2.24, 2.45) is 11.8 Å². The first kappa shape index (κ1) is 17.4. The number of amides is 2. The summed E-state index contributed by atoms with van der Waals surface area (Å²) in [6.07, 6.45) is 3.01. The van der Waals surface area contributed by atoms with E-state index in [2.05, 4.69) is 11.4 Å². The monoisotopic (exact) mass is 341 g/mol. The maximum Gasteiger partial charge on any atom is 0.227 e. The molecule has 1 saturated carbocycles. The molecule has 1 saturated heterocycles. The molecular weight excluding hydrogens is 318 g/mol. The number of morpholine rings is 1. The predicted octanol–water partition coefficient (Wildman–Crippen LogP) is 2.16. The molecule has 2 amide bonds. The third-order valence-corrected chi connectivity index (χ3v) is 5.05. The van der Waals surface area contributed by atoms with E-state index in [0.717, 1.165) is 25.7 Å². The highest BCUT2D eigenvalue weighted by molar-refractivity contribution is 5.92. The Labute approximate surface area is 147 Å². The summed E-state index contributed by atoms with van der Waals surface area (Å²) in [5.41, 5.74) is 1.27. The zero-order chi connectivity index (χ0) is 17.6. The van der Waals surface area contributed by atoms with Gasteiger partial charge in [0.2, 0.25) is 11.8 Å². The fraction of sp³-hybridized carbons (Fsp3) is 0.526. The van der Waals surface area contributed by atoms with Crippen molar-refractivity contribution in [2.45, 2.75) is 25.7 Å². The van der Waals surface area contributed by atoms with Crippen LogP contribution in [0.2, 0.25) is 0 Å². The van der Waals surface area contributed by atoms with E-state index in [1.54, 1.807) is 24.3 Å². The fourth-order valence-corrected chi connectivity index (χ4v) is 3.52. The van der Waals surface area contributed by atoms with Crippen molar-refractivity contribution < 1.29 is 14.3 Å². The van der Waals surface area contributed by atoms with E-state index in [-0.39, 0.29) is 23.7 Å². The van der Waals surface area contributed by atoms with Crippen LogP contribution in [-0.2, 0) is 14.3 Å². The summed E-state index contributed by atoms with van der Waals surface area (Å²) in [5, 5.41) is 11.7. The minimum absolute atomic E-state index is 0.00183. The van der Waals surface area contributed by atoms with E-state index >= 15 is 0 Å². The van der Waals surface area contributed by atoms with Gasteiger partial charge in [-0.1, -0.05) is 0 Å². The maximum atomic E-state index is 12.5. The Kier molecular flexibility index (Phi) is 5.67. The molecule has 1 aromatic carbocycles. The van der Waals surface area contributed by atoms with E-state index < -0.39 is 0 Å². The van der Waals surface area contributed by atoms with E-state index in [1.165, 1.54) is 0 Å². The Morgan fingerprint density at radius 2 is 1.64 bits per heavy atom. The molecule has 6 nitrogen and oxygen atoms in total. The summed E-state index contributed by atoms with van der Waals surface area (Å²) < 4.78 is 5.29. The van der Waals surface area contributed by atoms with Gasteiger partial charge in [-0.3, -0.25) is 9.59 Å². The molecule has 3 rings (SSSR count). The van der Waals surface area contributed by atoms with Gasteiger partial charge in [0.1, 0.15) is 0 Å². The summed E-state index contributed by atoms with van der Waals surface area (Å²) in [7, 11) is 0. The fourth-order valence-electron chi connectivity index (χ4n) is 3.52. The number of carbonyl (C=O) groups is 2. The molecule has 0 atom stereocenters. The van der Waals surface area contributed by atoms with Gasteiger partial charge in [0.05, 0.1) is 24.8 Å². The van der Waals surface area contributed by atoms with Gasteiger partial charge in [0.25, 0.3) is 0 Å². The second-order valence-corrected chi connectivity index (χ2v) is 6.66. The van der Waals surface area contributed by atoms with Crippen LogP contribution < -0.4 is 5.32 Å². The molecule has 1 N–H and O–H groups in total. The van der Waals surface area contributed by atoms with E-state index in [4.69, 9.17) is 10.00 Å². The number of hydrogen-bond donors (Lipinski definition) is 1. The molecule has 25 heavy (non-hydrogen) atoms. The minimum Gasteiger partial charge on any atom is -0.378 e. The van der Waals surface area contributed by atoms with E-state index in [1.807, 2.05) is 4.90 Å². The molecule has 132 valence electrons. The van der Waals surface area contributed by atoms with Crippen LogP contribution in [0.3, 0.4) is 0 Å². The molecular formula is C19H23N3O3. The highest BCUT2D eigenvalue weighted by Gasteiger charge is 2.32. The maximum absolute atomic E-state index is 12.5. The first-order valence-electron chi connectivity index (χ1n) is 8.85. The number of nitriles is 1. The van der Waals surface area contributed by atoms with Gasteiger partial charge in [-0.15, -0.1) is 0 Å². The third-order valence-electron chi connectivity index (χ3n) is 5.05. The van der Waals surface area contributed by atoms with Gasteiger partial charge in [-0.25, -0.2) is 0 Å². The van der Waals surface area contributed by atoms with Crippen LogP contribution in [0.15, 0.2) is 24.3 Å².